The van der Waals surface area contributed by atoms with Crippen LogP contribution in [0, 0.1) is 7.18 Å². The Morgan fingerprint density at radius 1 is 1.22 bits per heavy atom. The minimum atomic E-state index is 0.617. The summed E-state index contributed by atoms with van der Waals surface area (Å²) < 4.78 is 13.9. The van der Waals surface area contributed by atoms with Crippen LogP contribution in [0.5, 0.6) is 0 Å². The molecule has 0 saturated heterocycles. The quantitative estimate of drug-likeness (QED) is 0.417. The van der Waals surface area contributed by atoms with Gasteiger partial charge in [-0.3, -0.25) is 0 Å². The van der Waals surface area contributed by atoms with Crippen molar-refractivity contribution in [1.29, 1.82) is 0 Å². The van der Waals surface area contributed by atoms with Gasteiger partial charge in [-0.25, -0.2) is 4.39 Å². The lowest BCUT2D eigenvalue weighted by Gasteiger charge is -1.89. The average Bonchev–Trinajstić information content (AvgIpc) is 1.94. The van der Waals surface area contributed by atoms with E-state index in [1.165, 1.54) is 0 Å². The molecule has 0 aromatic rings. The molecule has 0 bridgehead atoms. The maximum atomic E-state index is 9.00. The van der Waals surface area contributed by atoms with Gasteiger partial charge in [-0.05, 0) is 0 Å². The normalized spacial score (nSPS) is 6.89. The summed E-state index contributed by atoms with van der Waals surface area (Å²) in [4.78, 5) is 0. The molecule has 0 aliphatic rings. The number of rotatable bonds is 4. The smallest absolute Gasteiger partial charge is 0.168 e. The average molecular weight is 130 g/mol. The third-order valence-electron chi connectivity index (χ3n) is 0.471. The fourth-order valence-electron chi connectivity index (χ4n) is 0.235. The van der Waals surface area contributed by atoms with Crippen molar-refractivity contribution in [2.75, 3.05) is 13.2 Å². The third-order valence-corrected chi connectivity index (χ3v) is 0.471. The predicted octanol–water partition coefficient (Wildman–Crippen LogP) is 2.00. The fourth-order valence-corrected chi connectivity index (χ4v) is 0.235. The van der Waals surface area contributed by atoms with Crippen molar-refractivity contribution >= 4 is 0 Å². The number of hydrogen-bond donors (Lipinski definition) is 0. The molecule has 2 heteroatoms. The molecule has 0 N–H and O–H groups in total. The summed E-state index contributed by atoms with van der Waals surface area (Å²) >= 11 is 0. The van der Waals surface area contributed by atoms with E-state index in [-0.39, 0.29) is 0 Å². The zero-order valence-corrected chi connectivity index (χ0v) is 5.35. The topological polar surface area (TPSA) is 9.23 Å². The van der Waals surface area contributed by atoms with Crippen LogP contribution in [-0.4, -0.2) is 13.2 Å². The van der Waals surface area contributed by atoms with Crippen LogP contribution in [0.1, 0.15) is 0 Å². The lowest BCUT2D eigenvalue weighted by atomic mass is 10.6. The Hall–Kier alpha value is -0.630. The third kappa shape index (κ3) is 18.7. The van der Waals surface area contributed by atoms with Gasteiger partial charge in [-0.15, -0.1) is 13.2 Å². The van der Waals surface area contributed by atoms with Gasteiger partial charge in [0.25, 0.3) is 0 Å². The van der Waals surface area contributed by atoms with E-state index in [0.29, 0.717) is 13.2 Å². The minimum Gasteiger partial charge on any atom is -0.373 e. The van der Waals surface area contributed by atoms with Crippen LogP contribution in [-0.2, 0) is 4.74 Å². The molecular formula is C7H11FO. The molecule has 2 radical (unpaired) electrons. The highest BCUT2D eigenvalue weighted by molar-refractivity contribution is 4.68. The second-order valence-corrected chi connectivity index (χ2v) is 1.11. The summed E-state index contributed by atoms with van der Waals surface area (Å²) in [6.45, 7) is 8.18. The van der Waals surface area contributed by atoms with Crippen LogP contribution in [0.4, 0.5) is 4.39 Å². The molecule has 0 saturated carbocycles. The standard InChI is InChI=1S/C6H10O.CHF/c1-3-5-7-6-4-2;1-2/h3-4H,1-2,5-6H2;1H. The molecule has 0 unspecified atom stereocenters. The van der Waals surface area contributed by atoms with Crippen molar-refractivity contribution in [3.05, 3.63) is 32.5 Å². The summed E-state index contributed by atoms with van der Waals surface area (Å²) in [5.74, 6) is 0. The maximum Gasteiger partial charge on any atom is 0.168 e. The molecule has 0 aliphatic heterocycles. The van der Waals surface area contributed by atoms with Crippen LogP contribution in [0.3, 0.4) is 0 Å². The summed E-state index contributed by atoms with van der Waals surface area (Å²) in [6.07, 6.45) is 3.42. The van der Waals surface area contributed by atoms with Crippen molar-refractivity contribution in [3.63, 3.8) is 0 Å². The van der Waals surface area contributed by atoms with Crippen LogP contribution in [0.15, 0.2) is 25.3 Å². The highest BCUT2D eigenvalue weighted by atomic mass is 19.1. The van der Waals surface area contributed by atoms with Gasteiger partial charge >= 0.3 is 0 Å². The first-order chi connectivity index (χ1) is 4.41. The zero-order chi connectivity index (χ0) is 7.54. The molecule has 9 heavy (non-hydrogen) atoms. The van der Waals surface area contributed by atoms with E-state index in [1.54, 1.807) is 12.2 Å². The van der Waals surface area contributed by atoms with Gasteiger partial charge in [-0.2, -0.15) is 0 Å². The highest BCUT2D eigenvalue weighted by Gasteiger charge is 1.70. The van der Waals surface area contributed by atoms with Gasteiger partial charge in [0, 0.05) is 0 Å². The molecule has 0 atom stereocenters. The number of hydrogen-bond acceptors (Lipinski definition) is 1. The Morgan fingerprint density at radius 2 is 1.56 bits per heavy atom. The van der Waals surface area contributed by atoms with Gasteiger partial charge in [0.15, 0.2) is 7.18 Å². The van der Waals surface area contributed by atoms with E-state index in [9.17, 15) is 0 Å². The molecule has 0 aromatic heterocycles. The van der Waals surface area contributed by atoms with Crippen LogP contribution in [0.2, 0.25) is 0 Å². The molecule has 0 aliphatic carbocycles. The van der Waals surface area contributed by atoms with E-state index in [4.69, 9.17) is 9.13 Å². The SMILES string of the molecule is C=CCOCC=C.[CH]F. The number of halogens is 1. The Bertz CT molecular complexity index is 53.9. The monoisotopic (exact) mass is 130 g/mol. The van der Waals surface area contributed by atoms with Crippen molar-refractivity contribution in [2.45, 2.75) is 0 Å². The van der Waals surface area contributed by atoms with Crippen molar-refractivity contribution in [2.24, 2.45) is 0 Å². The Balaban J connectivity index is 0. The van der Waals surface area contributed by atoms with Crippen LogP contribution < -0.4 is 0 Å². The predicted molar refractivity (Wildman–Crippen MR) is 36.6 cm³/mol. The maximum absolute atomic E-state index is 9.00. The largest absolute Gasteiger partial charge is 0.373 e. The molecule has 0 amide bonds. The molecule has 0 spiro atoms. The summed E-state index contributed by atoms with van der Waals surface area (Å²) in [7, 11) is 3.00. The molecule has 0 rings (SSSR count). The lowest BCUT2D eigenvalue weighted by molar-refractivity contribution is 0.194. The Morgan fingerprint density at radius 3 is 1.78 bits per heavy atom. The van der Waals surface area contributed by atoms with Gasteiger partial charge in [-0.1, -0.05) is 12.2 Å². The van der Waals surface area contributed by atoms with E-state index in [2.05, 4.69) is 20.3 Å². The summed E-state index contributed by atoms with van der Waals surface area (Å²) in [6, 6.07) is 0. The fraction of sp³-hybridized carbons (Fsp3) is 0.286. The van der Waals surface area contributed by atoms with Gasteiger partial charge in [0.05, 0.1) is 13.2 Å². The van der Waals surface area contributed by atoms with Crippen molar-refractivity contribution in [3.8, 4) is 0 Å². The van der Waals surface area contributed by atoms with Crippen molar-refractivity contribution in [1.82, 2.24) is 0 Å². The first-order valence-electron chi connectivity index (χ1n) is 2.43. The Kier molecular flexibility index (Phi) is 19.5. The van der Waals surface area contributed by atoms with Crippen LogP contribution >= 0.6 is 0 Å². The first-order valence-corrected chi connectivity index (χ1v) is 2.43. The molecular weight excluding hydrogens is 119 g/mol. The Labute approximate surface area is 55.8 Å². The van der Waals surface area contributed by atoms with Gasteiger partial charge in [0.1, 0.15) is 0 Å². The van der Waals surface area contributed by atoms with Gasteiger partial charge < -0.3 is 4.74 Å². The second kappa shape index (κ2) is 15.7. The molecule has 52 valence electrons. The first kappa shape index (κ1) is 11.2. The van der Waals surface area contributed by atoms with Crippen molar-refractivity contribution < 1.29 is 9.13 Å². The lowest BCUT2D eigenvalue weighted by Crippen LogP contribution is -1.87. The van der Waals surface area contributed by atoms with E-state index in [0.717, 1.165) is 0 Å². The molecule has 0 aromatic carbocycles. The highest BCUT2D eigenvalue weighted by Crippen LogP contribution is 1.72. The summed E-state index contributed by atoms with van der Waals surface area (Å²) in [5.41, 5.74) is 0. The minimum absolute atomic E-state index is 0.617. The van der Waals surface area contributed by atoms with E-state index < -0.39 is 0 Å². The van der Waals surface area contributed by atoms with Crippen LogP contribution in [0.25, 0.3) is 0 Å². The van der Waals surface area contributed by atoms with E-state index in [1.807, 2.05) is 0 Å². The zero-order valence-electron chi connectivity index (χ0n) is 5.35. The number of ether oxygens (including phenoxy) is 1. The van der Waals surface area contributed by atoms with E-state index >= 15 is 0 Å². The molecule has 0 heterocycles. The second-order valence-electron chi connectivity index (χ2n) is 1.11. The molecule has 1 nitrogen and oxygen atoms in total. The molecule has 0 fully saturated rings. The summed E-state index contributed by atoms with van der Waals surface area (Å²) in [5, 5.41) is 0. The van der Waals surface area contributed by atoms with Gasteiger partial charge in [0.2, 0.25) is 0 Å².